The van der Waals surface area contributed by atoms with Crippen molar-refractivity contribution in [2.75, 3.05) is 31.6 Å². The molecule has 3 rings (SSSR count). The van der Waals surface area contributed by atoms with Crippen molar-refractivity contribution in [2.24, 2.45) is 0 Å². The van der Waals surface area contributed by atoms with E-state index in [1.54, 1.807) is 28.6 Å². The van der Waals surface area contributed by atoms with Gasteiger partial charge in [0.15, 0.2) is 5.13 Å². The number of nitrogens with zero attached hydrogens (tertiary/aromatic N) is 2. The molecule has 0 fully saturated rings. The fourth-order valence-corrected chi connectivity index (χ4v) is 3.54. The summed E-state index contributed by atoms with van der Waals surface area (Å²) in [5.74, 6) is -0.448. The third-order valence-corrected chi connectivity index (χ3v) is 5.15. The quantitative estimate of drug-likeness (QED) is 0.493. The van der Waals surface area contributed by atoms with Gasteiger partial charge in [0.05, 0.1) is 0 Å². The number of carbonyl (C=O) groups excluding carboxylic acids is 2. The first kappa shape index (κ1) is 21.7. The molecule has 1 aromatic heterocycles. The summed E-state index contributed by atoms with van der Waals surface area (Å²) in [7, 11) is 0. The number of anilines is 1. The van der Waals surface area contributed by atoms with Crippen LogP contribution < -0.4 is 5.32 Å². The van der Waals surface area contributed by atoms with Crippen molar-refractivity contribution in [2.45, 2.75) is 13.3 Å². The fourth-order valence-electron chi connectivity index (χ4n) is 2.99. The zero-order valence-electron chi connectivity index (χ0n) is 16.9. The highest BCUT2D eigenvalue weighted by Crippen LogP contribution is 2.20. The van der Waals surface area contributed by atoms with Gasteiger partial charge in [-0.25, -0.2) is 4.98 Å². The third-order valence-electron chi connectivity index (χ3n) is 4.46. The molecule has 7 heteroatoms. The minimum Gasteiger partial charge on any atom is -0.382 e. The van der Waals surface area contributed by atoms with Crippen LogP contribution in [0.2, 0.25) is 0 Å². The van der Waals surface area contributed by atoms with Crippen molar-refractivity contribution in [3.63, 3.8) is 0 Å². The molecule has 2 aromatic carbocycles. The highest BCUT2D eigenvalue weighted by Gasteiger charge is 2.19. The molecule has 0 aliphatic heterocycles. The summed E-state index contributed by atoms with van der Waals surface area (Å²) in [4.78, 5) is 31.1. The van der Waals surface area contributed by atoms with Crippen molar-refractivity contribution >= 4 is 28.3 Å². The van der Waals surface area contributed by atoms with Crippen molar-refractivity contribution in [3.8, 4) is 11.1 Å². The Morgan fingerprint density at radius 2 is 1.80 bits per heavy atom. The Labute approximate surface area is 180 Å². The number of amides is 2. The van der Waals surface area contributed by atoms with Gasteiger partial charge in [0, 0.05) is 36.9 Å². The average molecular weight is 424 g/mol. The summed E-state index contributed by atoms with van der Waals surface area (Å²) in [5.41, 5.74) is 2.68. The number of aromatic nitrogens is 1. The van der Waals surface area contributed by atoms with E-state index >= 15 is 0 Å². The maximum atomic E-state index is 13.1. The molecule has 0 unspecified atom stereocenters. The number of ether oxygens (including phenoxy) is 1. The van der Waals surface area contributed by atoms with E-state index in [9.17, 15) is 9.59 Å². The van der Waals surface area contributed by atoms with Crippen molar-refractivity contribution in [3.05, 3.63) is 71.7 Å². The van der Waals surface area contributed by atoms with Gasteiger partial charge in [0.25, 0.3) is 5.91 Å². The first-order chi connectivity index (χ1) is 14.7. The van der Waals surface area contributed by atoms with Gasteiger partial charge < -0.3 is 15.0 Å². The van der Waals surface area contributed by atoms with Crippen LogP contribution in [0.1, 0.15) is 23.7 Å². The van der Waals surface area contributed by atoms with Crippen LogP contribution in [0.15, 0.2) is 66.2 Å². The Kier molecular flexibility index (Phi) is 8.11. The summed E-state index contributed by atoms with van der Waals surface area (Å²) in [6, 6.07) is 17.5. The first-order valence-electron chi connectivity index (χ1n) is 9.89. The first-order valence-corrected chi connectivity index (χ1v) is 10.8. The molecule has 1 N–H and O–H groups in total. The van der Waals surface area contributed by atoms with E-state index in [1.165, 1.54) is 11.3 Å². The van der Waals surface area contributed by atoms with E-state index in [4.69, 9.17) is 4.74 Å². The molecule has 3 aromatic rings. The molecule has 6 nitrogen and oxygen atoms in total. The minimum atomic E-state index is -0.268. The van der Waals surface area contributed by atoms with Gasteiger partial charge in [-0.2, -0.15) is 0 Å². The largest absolute Gasteiger partial charge is 0.382 e. The highest BCUT2D eigenvalue weighted by atomic mass is 32.1. The van der Waals surface area contributed by atoms with Gasteiger partial charge >= 0.3 is 0 Å². The lowest BCUT2D eigenvalue weighted by Gasteiger charge is -2.22. The van der Waals surface area contributed by atoms with E-state index in [2.05, 4.69) is 10.3 Å². The molecule has 0 radical (unpaired) electrons. The molecular weight excluding hydrogens is 398 g/mol. The second-order valence-electron chi connectivity index (χ2n) is 6.61. The number of hydrogen-bond donors (Lipinski definition) is 1. The van der Waals surface area contributed by atoms with E-state index in [0.717, 1.165) is 11.1 Å². The lowest BCUT2D eigenvalue weighted by atomic mass is 10.0. The second-order valence-corrected chi connectivity index (χ2v) is 7.50. The topological polar surface area (TPSA) is 71.5 Å². The zero-order valence-corrected chi connectivity index (χ0v) is 17.7. The molecule has 30 heavy (non-hydrogen) atoms. The summed E-state index contributed by atoms with van der Waals surface area (Å²) >= 11 is 1.34. The van der Waals surface area contributed by atoms with Gasteiger partial charge in [0.1, 0.15) is 6.54 Å². The predicted molar refractivity (Wildman–Crippen MR) is 120 cm³/mol. The van der Waals surface area contributed by atoms with Gasteiger partial charge in [-0.15, -0.1) is 11.3 Å². The van der Waals surface area contributed by atoms with Crippen LogP contribution in [0, 0.1) is 0 Å². The molecule has 0 aliphatic rings. The van der Waals surface area contributed by atoms with Gasteiger partial charge in [-0.05, 0) is 36.6 Å². The third kappa shape index (κ3) is 6.23. The van der Waals surface area contributed by atoms with Crippen molar-refractivity contribution in [1.29, 1.82) is 0 Å². The monoisotopic (exact) mass is 423 g/mol. The normalized spacial score (nSPS) is 10.6. The smallest absolute Gasteiger partial charge is 0.254 e. The molecule has 0 aliphatic carbocycles. The average Bonchev–Trinajstić information content (AvgIpc) is 3.29. The SMILES string of the molecule is CCOCCCN(CC(=O)Nc1nccs1)C(=O)c1ccc(-c2ccccc2)cc1. The zero-order chi connectivity index (χ0) is 21.2. The maximum Gasteiger partial charge on any atom is 0.254 e. The Bertz CT molecular complexity index is 928. The standard InChI is InChI=1S/C23H25N3O3S/c1-2-29-15-6-14-26(17-21(27)25-23-24-13-16-30-23)22(28)20-11-9-19(10-12-20)18-7-4-3-5-8-18/h3-5,7-13,16H,2,6,14-15,17H2,1H3,(H,24,25,27). The van der Waals surface area contributed by atoms with Gasteiger partial charge in [0.2, 0.25) is 5.91 Å². The van der Waals surface area contributed by atoms with Crippen LogP contribution in [0.4, 0.5) is 5.13 Å². The van der Waals surface area contributed by atoms with Crippen LogP contribution in [0.25, 0.3) is 11.1 Å². The van der Waals surface area contributed by atoms with Crippen LogP contribution in [0.5, 0.6) is 0 Å². The van der Waals surface area contributed by atoms with E-state index in [0.29, 0.717) is 36.9 Å². The van der Waals surface area contributed by atoms with Crippen molar-refractivity contribution < 1.29 is 14.3 Å². The Morgan fingerprint density at radius 1 is 1.07 bits per heavy atom. The van der Waals surface area contributed by atoms with Crippen LogP contribution >= 0.6 is 11.3 Å². The van der Waals surface area contributed by atoms with E-state index < -0.39 is 0 Å². The second kappa shape index (κ2) is 11.2. The molecule has 1 heterocycles. The molecule has 156 valence electrons. The Balaban J connectivity index is 1.69. The highest BCUT2D eigenvalue weighted by molar-refractivity contribution is 7.13. The number of benzene rings is 2. The van der Waals surface area contributed by atoms with Crippen molar-refractivity contribution in [1.82, 2.24) is 9.88 Å². The maximum absolute atomic E-state index is 13.1. The summed E-state index contributed by atoms with van der Waals surface area (Å²) in [6.45, 7) is 3.50. The number of rotatable bonds is 10. The molecule has 0 bridgehead atoms. The number of thiazole rings is 1. The molecule has 0 spiro atoms. The lowest BCUT2D eigenvalue weighted by Crippen LogP contribution is -2.39. The molecule has 2 amide bonds. The Morgan fingerprint density at radius 3 is 2.47 bits per heavy atom. The predicted octanol–water partition coefficient (Wildman–Crippen LogP) is 4.32. The molecule has 0 saturated heterocycles. The minimum absolute atomic E-state index is 0.0367. The van der Waals surface area contributed by atoms with Crippen LogP contribution in [-0.2, 0) is 9.53 Å². The van der Waals surface area contributed by atoms with Gasteiger partial charge in [-0.3, -0.25) is 9.59 Å². The van der Waals surface area contributed by atoms with E-state index in [-0.39, 0.29) is 18.4 Å². The van der Waals surface area contributed by atoms with E-state index in [1.807, 2.05) is 49.4 Å². The lowest BCUT2D eigenvalue weighted by molar-refractivity contribution is -0.116. The number of nitrogens with one attached hydrogen (secondary N) is 1. The number of carbonyl (C=O) groups is 2. The summed E-state index contributed by atoms with van der Waals surface area (Å²) < 4.78 is 5.38. The molecule has 0 saturated carbocycles. The fraction of sp³-hybridized carbons (Fsp3) is 0.261. The van der Waals surface area contributed by atoms with Crippen LogP contribution in [-0.4, -0.2) is 48.0 Å². The van der Waals surface area contributed by atoms with Crippen LogP contribution in [0.3, 0.4) is 0 Å². The Hall–Kier alpha value is -3.03. The van der Waals surface area contributed by atoms with Gasteiger partial charge in [-0.1, -0.05) is 42.5 Å². The molecule has 0 atom stereocenters. The summed E-state index contributed by atoms with van der Waals surface area (Å²) in [6.07, 6.45) is 2.28. The molecular formula is C23H25N3O3S. The summed E-state index contributed by atoms with van der Waals surface area (Å²) in [5, 5.41) is 5.04. The number of hydrogen-bond acceptors (Lipinski definition) is 5.